The first-order chi connectivity index (χ1) is 8.13. The Morgan fingerprint density at radius 2 is 2.06 bits per heavy atom. The SMILES string of the molecule is N#Cc1nc(N)cnc1-c1cccc(Cl)c1Cl. The van der Waals surface area contributed by atoms with Crippen molar-refractivity contribution in [2.24, 2.45) is 0 Å². The van der Waals surface area contributed by atoms with Gasteiger partial charge in [-0.1, -0.05) is 35.3 Å². The molecule has 0 aliphatic carbocycles. The van der Waals surface area contributed by atoms with Crippen LogP contribution in [0, 0.1) is 11.3 Å². The van der Waals surface area contributed by atoms with Gasteiger partial charge in [-0.25, -0.2) is 9.97 Å². The molecule has 0 aliphatic rings. The number of hydrogen-bond donors (Lipinski definition) is 1. The molecule has 0 unspecified atom stereocenters. The Labute approximate surface area is 108 Å². The molecule has 0 bridgehead atoms. The number of nitriles is 1. The third kappa shape index (κ3) is 2.16. The monoisotopic (exact) mass is 264 g/mol. The fraction of sp³-hybridized carbons (Fsp3) is 0. The highest BCUT2D eigenvalue weighted by molar-refractivity contribution is 6.43. The highest BCUT2D eigenvalue weighted by Crippen LogP contribution is 2.33. The number of nitrogen functional groups attached to an aromatic ring is 1. The van der Waals surface area contributed by atoms with Crippen molar-refractivity contribution in [1.29, 1.82) is 5.26 Å². The van der Waals surface area contributed by atoms with Gasteiger partial charge in [0.15, 0.2) is 5.69 Å². The number of hydrogen-bond acceptors (Lipinski definition) is 4. The Morgan fingerprint density at radius 3 is 2.76 bits per heavy atom. The van der Waals surface area contributed by atoms with Crippen LogP contribution in [-0.4, -0.2) is 9.97 Å². The molecule has 2 rings (SSSR count). The van der Waals surface area contributed by atoms with E-state index in [1.54, 1.807) is 18.2 Å². The van der Waals surface area contributed by atoms with Gasteiger partial charge in [0.05, 0.1) is 16.2 Å². The minimum atomic E-state index is 0.120. The lowest BCUT2D eigenvalue weighted by molar-refractivity contribution is 1.18. The van der Waals surface area contributed by atoms with Crippen LogP contribution in [0.2, 0.25) is 10.0 Å². The summed E-state index contributed by atoms with van der Waals surface area (Å²) in [7, 11) is 0. The van der Waals surface area contributed by atoms with Gasteiger partial charge >= 0.3 is 0 Å². The molecular formula is C11H6Cl2N4. The molecule has 0 spiro atoms. The van der Waals surface area contributed by atoms with E-state index in [1.165, 1.54) is 6.20 Å². The minimum absolute atomic E-state index is 0.120. The topological polar surface area (TPSA) is 75.6 Å². The van der Waals surface area contributed by atoms with Crippen LogP contribution in [0.15, 0.2) is 24.4 Å². The van der Waals surface area contributed by atoms with Crippen molar-refractivity contribution in [2.45, 2.75) is 0 Å². The smallest absolute Gasteiger partial charge is 0.169 e. The Bertz CT molecular complexity index is 619. The molecule has 1 aromatic heterocycles. The summed E-state index contributed by atoms with van der Waals surface area (Å²) < 4.78 is 0. The van der Waals surface area contributed by atoms with Crippen LogP contribution in [0.1, 0.15) is 5.69 Å². The third-order valence-electron chi connectivity index (χ3n) is 2.10. The van der Waals surface area contributed by atoms with E-state index in [2.05, 4.69) is 9.97 Å². The Morgan fingerprint density at radius 1 is 1.29 bits per heavy atom. The standard InChI is InChI=1S/C11H6Cl2N4/c12-7-3-1-2-6(10(7)13)11-8(4-14)17-9(15)5-16-11/h1-3,5H,(H2,15,17). The van der Waals surface area contributed by atoms with E-state index in [9.17, 15) is 0 Å². The van der Waals surface area contributed by atoms with Crippen molar-refractivity contribution in [3.05, 3.63) is 40.1 Å². The second-order valence-electron chi connectivity index (χ2n) is 3.21. The van der Waals surface area contributed by atoms with Gasteiger partial charge in [0.25, 0.3) is 0 Å². The lowest BCUT2D eigenvalue weighted by atomic mass is 10.1. The molecule has 2 aromatic rings. The molecule has 6 heteroatoms. The number of rotatable bonds is 1. The number of aromatic nitrogens is 2. The summed E-state index contributed by atoms with van der Waals surface area (Å²) in [5.41, 5.74) is 6.51. The maximum absolute atomic E-state index is 8.98. The van der Waals surface area contributed by atoms with E-state index in [1.807, 2.05) is 6.07 Å². The highest BCUT2D eigenvalue weighted by Gasteiger charge is 2.13. The van der Waals surface area contributed by atoms with Crippen molar-refractivity contribution in [3.63, 3.8) is 0 Å². The maximum Gasteiger partial charge on any atom is 0.169 e. The first-order valence-electron chi connectivity index (χ1n) is 4.60. The van der Waals surface area contributed by atoms with Crippen LogP contribution in [-0.2, 0) is 0 Å². The maximum atomic E-state index is 8.98. The van der Waals surface area contributed by atoms with E-state index in [-0.39, 0.29) is 11.5 Å². The predicted molar refractivity (Wildman–Crippen MR) is 66.6 cm³/mol. The quantitative estimate of drug-likeness (QED) is 0.860. The first kappa shape index (κ1) is 11.6. The molecule has 4 nitrogen and oxygen atoms in total. The van der Waals surface area contributed by atoms with Gasteiger partial charge in [-0.2, -0.15) is 5.26 Å². The fourth-order valence-corrected chi connectivity index (χ4v) is 1.75. The molecule has 0 saturated heterocycles. The molecule has 2 N–H and O–H groups in total. The Hall–Kier alpha value is -1.83. The van der Waals surface area contributed by atoms with Gasteiger partial charge in [-0.3, -0.25) is 0 Å². The summed E-state index contributed by atoms with van der Waals surface area (Å²) >= 11 is 12.0. The summed E-state index contributed by atoms with van der Waals surface area (Å²) in [6.07, 6.45) is 1.37. The van der Waals surface area contributed by atoms with Gasteiger partial charge in [0.2, 0.25) is 0 Å². The zero-order chi connectivity index (χ0) is 12.4. The van der Waals surface area contributed by atoms with Crippen LogP contribution in [0.3, 0.4) is 0 Å². The van der Waals surface area contributed by atoms with Gasteiger partial charge in [0, 0.05) is 5.56 Å². The van der Waals surface area contributed by atoms with Crippen molar-refractivity contribution in [2.75, 3.05) is 5.73 Å². The fourth-order valence-electron chi connectivity index (χ4n) is 1.36. The van der Waals surface area contributed by atoms with Crippen molar-refractivity contribution >= 4 is 29.0 Å². The third-order valence-corrected chi connectivity index (χ3v) is 2.92. The molecule has 0 fully saturated rings. The van der Waals surface area contributed by atoms with Crippen LogP contribution in [0.5, 0.6) is 0 Å². The molecule has 0 amide bonds. The lowest BCUT2D eigenvalue weighted by Crippen LogP contribution is -1.98. The van der Waals surface area contributed by atoms with E-state index >= 15 is 0 Å². The lowest BCUT2D eigenvalue weighted by Gasteiger charge is -2.06. The number of anilines is 1. The number of benzene rings is 1. The number of nitrogens with two attached hydrogens (primary N) is 1. The van der Waals surface area contributed by atoms with E-state index in [4.69, 9.17) is 34.2 Å². The average Bonchev–Trinajstić information content (AvgIpc) is 2.33. The van der Waals surface area contributed by atoms with Gasteiger partial charge < -0.3 is 5.73 Å². The van der Waals surface area contributed by atoms with Crippen LogP contribution >= 0.6 is 23.2 Å². The van der Waals surface area contributed by atoms with E-state index < -0.39 is 0 Å². The Kier molecular flexibility index (Phi) is 3.14. The minimum Gasteiger partial charge on any atom is -0.382 e. The molecular weight excluding hydrogens is 259 g/mol. The molecule has 0 atom stereocenters. The largest absolute Gasteiger partial charge is 0.382 e. The predicted octanol–water partition coefficient (Wildman–Crippen LogP) is 2.90. The van der Waals surface area contributed by atoms with Crippen molar-refractivity contribution in [3.8, 4) is 17.3 Å². The normalized spacial score (nSPS) is 9.94. The number of halogens is 2. The number of nitrogens with zero attached hydrogens (tertiary/aromatic N) is 3. The summed E-state index contributed by atoms with van der Waals surface area (Å²) in [4.78, 5) is 7.96. The van der Waals surface area contributed by atoms with Gasteiger partial charge in [-0.05, 0) is 6.07 Å². The molecule has 0 saturated carbocycles. The second-order valence-corrected chi connectivity index (χ2v) is 3.99. The van der Waals surface area contributed by atoms with Crippen molar-refractivity contribution < 1.29 is 0 Å². The molecule has 1 heterocycles. The summed E-state index contributed by atoms with van der Waals surface area (Å²) in [6, 6.07) is 7.03. The zero-order valence-corrected chi connectivity index (χ0v) is 10.00. The van der Waals surface area contributed by atoms with Crippen molar-refractivity contribution in [1.82, 2.24) is 9.97 Å². The Balaban J connectivity index is 2.69. The summed E-state index contributed by atoms with van der Waals surface area (Å²) in [5, 5.41) is 9.71. The molecule has 84 valence electrons. The molecule has 1 aromatic carbocycles. The molecule has 17 heavy (non-hydrogen) atoms. The first-order valence-corrected chi connectivity index (χ1v) is 5.36. The van der Waals surface area contributed by atoms with Crippen LogP contribution < -0.4 is 5.73 Å². The van der Waals surface area contributed by atoms with E-state index in [0.717, 1.165) is 0 Å². The second kappa shape index (κ2) is 4.58. The molecule has 0 aliphatic heterocycles. The highest BCUT2D eigenvalue weighted by atomic mass is 35.5. The van der Waals surface area contributed by atoms with Gasteiger partial charge in [-0.15, -0.1) is 0 Å². The van der Waals surface area contributed by atoms with Gasteiger partial charge in [0.1, 0.15) is 17.6 Å². The summed E-state index contributed by atoms with van der Waals surface area (Å²) in [6.45, 7) is 0. The van der Waals surface area contributed by atoms with Crippen LogP contribution in [0.25, 0.3) is 11.3 Å². The summed E-state index contributed by atoms with van der Waals surface area (Å²) in [5.74, 6) is 0.184. The average molecular weight is 265 g/mol. The molecule has 0 radical (unpaired) electrons. The van der Waals surface area contributed by atoms with Crippen LogP contribution in [0.4, 0.5) is 5.82 Å². The van der Waals surface area contributed by atoms with E-state index in [0.29, 0.717) is 21.3 Å². The zero-order valence-electron chi connectivity index (χ0n) is 8.48.